The first-order valence-corrected chi connectivity index (χ1v) is 18.1. The number of likely N-dealkylation sites (N-methyl/N-ethyl adjacent to an activating group) is 1. The van der Waals surface area contributed by atoms with Crippen molar-refractivity contribution in [2.45, 2.75) is 69.6 Å². The van der Waals surface area contributed by atoms with E-state index < -0.39 is 22.2 Å². The average Bonchev–Trinajstić information content (AvgIpc) is 3.06. The van der Waals surface area contributed by atoms with Crippen LogP contribution in [0.3, 0.4) is 0 Å². The summed E-state index contributed by atoms with van der Waals surface area (Å²) in [5.41, 5.74) is 1.56. The number of fused-ring (bicyclic) bond motifs is 1. The Bertz CT molecular complexity index is 1620. The average molecular weight is 700 g/mol. The van der Waals surface area contributed by atoms with Gasteiger partial charge in [0, 0.05) is 43.4 Å². The second kappa shape index (κ2) is 17.3. The maximum absolute atomic E-state index is 14.4. The van der Waals surface area contributed by atoms with E-state index in [1.165, 1.54) is 35.6 Å². The monoisotopic (exact) mass is 699 g/mol. The first kappa shape index (κ1) is 37.3. The molecule has 3 aromatic carbocycles. The molecule has 0 saturated carbocycles. The van der Waals surface area contributed by atoms with Gasteiger partial charge in [-0.1, -0.05) is 48.9 Å². The van der Waals surface area contributed by atoms with Gasteiger partial charge in [0.15, 0.2) is 0 Å². The van der Waals surface area contributed by atoms with E-state index in [1.807, 2.05) is 44.2 Å². The van der Waals surface area contributed by atoms with Crippen LogP contribution in [0.5, 0.6) is 5.75 Å². The number of aliphatic hydroxyl groups is 1. The molecule has 12 heteroatoms. The van der Waals surface area contributed by atoms with Crippen molar-refractivity contribution in [3.05, 3.63) is 88.9 Å². The number of benzene rings is 3. The molecule has 0 aliphatic carbocycles. The van der Waals surface area contributed by atoms with Crippen molar-refractivity contribution in [3.63, 3.8) is 0 Å². The third-order valence-corrected chi connectivity index (χ3v) is 10.6. The highest BCUT2D eigenvalue weighted by Crippen LogP contribution is 2.29. The third-order valence-electron chi connectivity index (χ3n) is 8.50. The predicted octanol–water partition coefficient (Wildman–Crippen LogP) is 5.64. The number of halogens is 1. The van der Waals surface area contributed by atoms with Crippen LogP contribution in [0.4, 0.5) is 5.69 Å². The van der Waals surface area contributed by atoms with Gasteiger partial charge in [-0.25, -0.2) is 8.42 Å². The minimum absolute atomic E-state index is 0.0510. The summed E-state index contributed by atoms with van der Waals surface area (Å²) < 4.78 is 40.7. The molecular weight excluding hydrogens is 654 g/mol. The molecule has 48 heavy (non-hydrogen) atoms. The van der Waals surface area contributed by atoms with E-state index in [0.29, 0.717) is 29.5 Å². The maximum atomic E-state index is 14.4. The highest BCUT2D eigenvalue weighted by Gasteiger charge is 2.32. The van der Waals surface area contributed by atoms with Crippen molar-refractivity contribution >= 4 is 39.1 Å². The first-order chi connectivity index (χ1) is 22.9. The van der Waals surface area contributed by atoms with Crippen molar-refractivity contribution in [2.24, 2.45) is 5.92 Å². The van der Waals surface area contributed by atoms with Crippen LogP contribution in [0.25, 0.3) is 0 Å². The van der Waals surface area contributed by atoms with Crippen molar-refractivity contribution in [3.8, 4) is 5.75 Å². The molecule has 4 rings (SSSR count). The standard InChI is InChI=1S/C36H46ClN3O7S/c1-25-22-40(26(2)24-41)36(43)32-21-30(38-35(42)20-28-11-6-5-7-12-28)15-18-33(32)47-27(3)10-8-9-19-46-34(25)23-39(4)48(44,45)31-16-13-29(37)14-17-31/h5-7,11-18,21,25-27,34,41H,8-10,19-20,22-24H2,1-4H3,(H,38,42)/t25-,26-,27+,34+/m0/s1. The summed E-state index contributed by atoms with van der Waals surface area (Å²) in [6.45, 7) is 5.91. The molecule has 0 radical (unpaired) electrons. The van der Waals surface area contributed by atoms with E-state index in [9.17, 15) is 23.1 Å². The third kappa shape index (κ3) is 10.0. The molecule has 1 aliphatic heterocycles. The lowest BCUT2D eigenvalue weighted by Gasteiger charge is -2.35. The minimum Gasteiger partial charge on any atom is -0.490 e. The largest absolute Gasteiger partial charge is 0.490 e. The SMILES string of the molecule is C[C@@H]1CCCCO[C@H](CN(C)S(=O)(=O)c2ccc(Cl)cc2)[C@@H](C)CN([C@@H](C)CO)C(=O)c2cc(NC(=O)Cc3ccccc3)ccc2O1. The lowest BCUT2D eigenvalue weighted by molar-refractivity contribution is -0.115. The number of hydrogen-bond donors (Lipinski definition) is 2. The number of amides is 2. The van der Waals surface area contributed by atoms with Gasteiger partial charge in [-0.05, 0) is 81.1 Å². The zero-order valence-corrected chi connectivity index (χ0v) is 29.5. The number of nitrogens with one attached hydrogen (secondary N) is 1. The summed E-state index contributed by atoms with van der Waals surface area (Å²) in [6.07, 6.45) is 1.64. The molecule has 2 N–H and O–H groups in total. The number of nitrogens with zero attached hydrogens (tertiary/aromatic N) is 2. The van der Waals surface area contributed by atoms with Crippen LogP contribution in [0.15, 0.2) is 77.7 Å². The number of sulfonamides is 1. The molecule has 0 bridgehead atoms. The molecule has 3 aromatic rings. The number of carbonyl (C=O) groups is 2. The Kier molecular flexibility index (Phi) is 13.4. The maximum Gasteiger partial charge on any atom is 0.258 e. The van der Waals surface area contributed by atoms with E-state index >= 15 is 0 Å². The van der Waals surface area contributed by atoms with Gasteiger partial charge in [0.25, 0.3) is 5.91 Å². The molecule has 0 saturated heterocycles. The van der Waals surface area contributed by atoms with Gasteiger partial charge in [-0.15, -0.1) is 0 Å². The Morgan fingerprint density at radius 1 is 1.08 bits per heavy atom. The smallest absolute Gasteiger partial charge is 0.258 e. The van der Waals surface area contributed by atoms with Crippen LogP contribution >= 0.6 is 11.6 Å². The Balaban J connectivity index is 1.62. The number of carbonyl (C=O) groups excluding carboxylic acids is 2. The zero-order chi connectivity index (χ0) is 34.8. The minimum atomic E-state index is -3.84. The number of aliphatic hydroxyl groups excluding tert-OH is 1. The Morgan fingerprint density at radius 3 is 2.48 bits per heavy atom. The highest BCUT2D eigenvalue weighted by molar-refractivity contribution is 7.89. The Morgan fingerprint density at radius 2 is 1.79 bits per heavy atom. The molecule has 0 unspecified atom stereocenters. The summed E-state index contributed by atoms with van der Waals surface area (Å²) in [6, 6.07) is 19.8. The summed E-state index contributed by atoms with van der Waals surface area (Å²) in [7, 11) is -2.34. The van der Waals surface area contributed by atoms with Gasteiger partial charge >= 0.3 is 0 Å². The van der Waals surface area contributed by atoms with Gasteiger partial charge in [0.1, 0.15) is 5.75 Å². The Labute approximate surface area is 289 Å². The fourth-order valence-corrected chi connectivity index (χ4v) is 6.90. The summed E-state index contributed by atoms with van der Waals surface area (Å²) in [4.78, 5) is 28.9. The van der Waals surface area contributed by atoms with Crippen LogP contribution in [-0.4, -0.2) is 86.1 Å². The number of ether oxygens (including phenoxy) is 2. The first-order valence-electron chi connectivity index (χ1n) is 16.3. The van der Waals surface area contributed by atoms with Crippen molar-refractivity contribution in [1.29, 1.82) is 0 Å². The highest BCUT2D eigenvalue weighted by atomic mass is 35.5. The van der Waals surface area contributed by atoms with Gasteiger partial charge in [-0.3, -0.25) is 9.59 Å². The normalized spacial score (nSPS) is 20.4. The molecule has 260 valence electrons. The van der Waals surface area contributed by atoms with Crippen molar-refractivity contribution in [2.75, 3.05) is 38.7 Å². The lowest BCUT2D eigenvalue weighted by atomic mass is 10.0. The molecule has 2 amide bonds. The van der Waals surface area contributed by atoms with Gasteiger partial charge in [0.05, 0.1) is 41.7 Å². The molecule has 0 aromatic heterocycles. The number of rotatable bonds is 9. The molecule has 1 aliphatic rings. The van der Waals surface area contributed by atoms with E-state index in [-0.39, 0.29) is 60.4 Å². The second-order valence-electron chi connectivity index (χ2n) is 12.5. The van der Waals surface area contributed by atoms with Crippen LogP contribution in [0.2, 0.25) is 5.02 Å². The number of anilines is 1. The fourth-order valence-electron chi connectivity index (χ4n) is 5.59. The van der Waals surface area contributed by atoms with Gasteiger partial charge < -0.3 is 24.8 Å². The molecule has 4 atom stereocenters. The van der Waals surface area contributed by atoms with Crippen LogP contribution < -0.4 is 10.1 Å². The lowest BCUT2D eigenvalue weighted by Crippen LogP contribution is -2.48. The summed E-state index contributed by atoms with van der Waals surface area (Å²) in [5, 5.41) is 13.6. The Hall–Kier alpha value is -3.48. The molecule has 10 nitrogen and oxygen atoms in total. The molecular formula is C36H46ClN3O7S. The summed E-state index contributed by atoms with van der Waals surface area (Å²) >= 11 is 5.98. The molecule has 0 spiro atoms. The van der Waals surface area contributed by atoms with Crippen LogP contribution in [0, 0.1) is 5.92 Å². The van der Waals surface area contributed by atoms with Gasteiger partial charge in [-0.2, -0.15) is 4.31 Å². The fraction of sp³-hybridized carbons (Fsp3) is 0.444. The second-order valence-corrected chi connectivity index (χ2v) is 14.9. The molecule has 0 fully saturated rings. The van der Waals surface area contributed by atoms with E-state index in [4.69, 9.17) is 21.1 Å². The molecule has 1 heterocycles. The van der Waals surface area contributed by atoms with E-state index in [0.717, 1.165) is 18.4 Å². The quantitative estimate of drug-likeness (QED) is 0.296. The number of hydrogen-bond acceptors (Lipinski definition) is 7. The van der Waals surface area contributed by atoms with Gasteiger partial charge in [0.2, 0.25) is 15.9 Å². The van der Waals surface area contributed by atoms with Crippen LogP contribution in [0.1, 0.15) is 56.0 Å². The van der Waals surface area contributed by atoms with Crippen molar-refractivity contribution < 1.29 is 32.6 Å². The van der Waals surface area contributed by atoms with E-state index in [2.05, 4.69) is 5.32 Å². The van der Waals surface area contributed by atoms with Crippen molar-refractivity contribution in [1.82, 2.24) is 9.21 Å². The zero-order valence-electron chi connectivity index (χ0n) is 28.0. The predicted molar refractivity (Wildman–Crippen MR) is 187 cm³/mol. The van der Waals surface area contributed by atoms with Crippen LogP contribution in [-0.2, 0) is 26.0 Å². The van der Waals surface area contributed by atoms with E-state index in [1.54, 1.807) is 30.0 Å². The topological polar surface area (TPSA) is 125 Å². The summed E-state index contributed by atoms with van der Waals surface area (Å²) in [5.74, 6) is -0.556.